The lowest BCUT2D eigenvalue weighted by molar-refractivity contribution is -0.129. The van der Waals surface area contributed by atoms with Crippen molar-refractivity contribution in [2.45, 2.75) is 13.0 Å². The number of hydrogen-bond acceptors (Lipinski definition) is 2. The van der Waals surface area contributed by atoms with Crippen LogP contribution in [-0.4, -0.2) is 15.0 Å². The molecule has 0 heterocycles. The maximum Gasteiger partial charge on any atom is 0.318 e. The SMILES string of the molecule is C#C[SiH](CC)OC(=O)C=C. The molecule has 0 aromatic carbocycles. The van der Waals surface area contributed by atoms with Crippen LogP contribution in [0.3, 0.4) is 0 Å². The number of rotatable bonds is 3. The van der Waals surface area contributed by atoms with Gasteiger partial charge in [0.2, 0.25) is 0 Å². The Morgan fingerprint density at radius 3 is 2.90 bits per heavy atom. The van der Waals surface area contributed by atoms with E-state index in [2.05, 4.69) is 12.1 Å². The molecule has 54 valence electrons. The lowest BCUT2D eigenvalue weighted by atomic mass is 10.7. The summed E-state index contributed by atoms with van der Waals surface area (Å²) in [4.78, 5) is 10.5. The molecule has 0 fully saturated rings. The fourth-order valence-corrected chi connectivity index (χ4v) is 1.27. The maximum absolute atomic E-state index is 10.5. The molecule has 10 heavy (non-hydrogen) atoms. The zero-order valence-corrected chi connectivity index (χ0v) is 7.12. The van der Waals surface area contributed by atoms with E-state index in [0.717, 1.165) is 12.1 Å². The van der Waals surface area contributed by atoms with Gasteiger partial charge in [-0.05, 0) is 6.04 Å². The molecule has 0 amide bonds. The number of carbonyl (C=O) groups excluding carboxylic acids is 1. The fourth-order valence-electron chi connectivity index (χ4n) is 0.424. The highest BCUT2D eigenvalue weighted by Crippen LogP contribution is 1.92. The summed E-state index contributed by atoms with van der Waals surface area (Å²) < 4.78 is 4.84. The van der Waals surface area contributed by atoms with Gasteiger partial charge < -0.3 is 4.43 Å². The standard InChI is InChI=1S/C7H10O2Si/c1-4-7(8)9-10(5-2)6-3/h2,4,10H,1,6H2,3H3. The molecule has 0 rings (SSSR count). The van der Waals surface area contributed by atoms with Gasteiger partial charge >= 0.3 is 15.0 Å². The fraction of sp³-hybridized carbons (Fsp3) is 0.286. The number of terminal acetylenes is 1. The van der Waals surface area contributed by atoms with Crippen LogP contribution in [0.15, 0.2) is 12.7 Å². The van der Waals surface area contributed by atoms with Crippen molar-refractivity contribution in [2.75, 3.05) is 0 Å². The van der Waals surface area contributed by atoms with E-state index < -0.39 is 15.0 Å². The molecule has 0 saturated heterocycles. The van der Waals surface area contributed by atoms with Gasteiger partial charge in [0.25, 0.3) is 0 Å². The molecule has 0 N–H and O–H groups in total. The normalized spacial score (nSPS) is 11.2. The molecule has 0 aliphatic heterocycles. The molecule has 0 radical (unpaired) electrons. The lowest BCUT2D eigenvalue weighted by Crippen LogP contribution is -2.18. The Morgan fingerprint density at radius 1 is 2.00 bits per heavy atom. The molecular formula is C7H10O2Si. The van der Waals surface area contributed by atoms with Crippen LogP contribution in [0.1, 0.15) is 6.92 Å². The smallest absolute Gasteiger partial charge is 0.318 e. The summed E-state index contributed by atoms with van der Waals surface area (Å²) in [5.74, 6) is -0.406. The van der Waals surface area contributed by atoms with Gasteiger partial charge in [-0.25, -0.2) is 4.79 Å². The minimum atomic E-state index is -1.66. The summed E-state index contributed by atoms with van der Waals surface area (Å²) in [5.41, 5.74) is 2.46. The van der Waals surface area contributed by atoms with Crippen molar-refractivity contribution in [3.63, 3.8) is 0 Å². The molecule has 0 aliphatic rings. The average molecular weight is 154 g/mol. The van der Waals surface area contributed by atoms with Crippen LogP contribution < -0.4 is 0 Å². The molecule has 3 heteroatoms. The van der Waals surface area contributed by atoms with E-state index in [-0.39, 0.29) is 0 Å². The Bertz CT molecular complexity index is 169. The molecule has 0 saturated carbocycles. The van der Waals surface area contributed by atoms with Gasteiger partial charge in [0.15, 0.2) is 0 Å². The average Bonchev–Trinajstić information content (AvgIpc) is 1.99. The predicted molar refractivity (Wildman–Crippen MR) is 42.8 cm³/mol. The molecule has 0 spiro atoms. The topological polar surface area (TPSA) is 26.3 Å². The summed E-state index contributed by atoms with van der Waals surface area (Å²) in [6.07, 6.45) is 6.22. The van der Waals surface area contributed by atoms with Gasteiger partial charge in [-0.2, -0.15) is 0 Å². The second-order valence-electron chi connectivity index (χ2n) is 1.70. The van der Waals surface area contributed by atoms with Gasteiger partial charge in [-0.1, -0.05) is 19.0 Å². The van der Waals surface area contributed by atoms with Crippen molar-refractivity contribution < 1.29 is 9.22 Å². The summed E-state index contributed by atoms with van der Waals surface area (Å²) in [7, 11) is -1.66. The quantitative estimate of drug-likeness (QED) is 0.338. The van der Waals surface area contributed by atoms with Crippen LogP contribution in [0.4, 0.5) is 0 Å². The molecule has 0 aromatic heterocycles. The van der Waals surface area contributed by atoms with Gasteiger partial charge in [-0.3, -0.25) is 0 Å². The van der Waals surface area contributed by atoms with Crippen molar-refractivity contribution >= 4 is 15.0 Å². The van der Waals surface area contributed by atoms with E-state index in [0.29, 0.717) is 0 Å². The van der Waals surface area contributed by atoms with Crippen LogP contribution in [0.25, 0.3) is 0 Å². The van der Waals surface area contributed by atoms with E-state index >= 15 is 0 Å². The summed E-state index contributed by atoms with van der Waals surface area (Å²) >= 11 is 0. The van der Waals surface area contributed by atoms with Gasteiger partial charge in [0.05, 0.1) is 0 Å². The van der Waals surface area contributed by atoms with Crippen molar-refractivity contribution in [1.82, 2.24) is 0 Å². The molecule has 0 aliphatic carbocycles. The highest BCUT2D eigenvalue weighted by atomic mass is 28.3. The summed E-state index contributed by atoms with van der Waals surface area (Å²) in [6.45, 7) is 5.17. The first-order valence-corrected chi connectivity index (χ1v) is 4.90. The summed E-state index contributed by atoms with van der Waals surface area (Å²) in [6, 6.07) is 0.774. The van der Waals surface area contributed by atoms with Crippen LogP contribution >= 0.6 is 0 Å². The van der Waals surface area contributed by atoms with Crippen molar-refractivity contribution in [2.24, 2.45) is 0 Å². The van der Waals surface area contributed by atoms with Crippen molar-refractivity contribution in [3.05, 3.63) is 12.7 Å². The molecular weight excluding hydrogens is 144 g/mol. The number of hydrogen-bond donors (Lipinski definition) is 0. The van der Waals surface area contributed by atoms with Gasteiger partial charge in [0, 0.05) is 6.08 Å². The van der Waals surface area contributed by atoms with Gasteiger partial charge in [0.1, 0.15) is 0 Å². The molecule has 0 aromatic rings. The highest BCUT2D eigenvalue weighted by Gasteiger charge is 2.07. The van der Waals surface area contributed by atoms with Crippen LogP contribution in [0.2, 0.25) is 6.04 Å². The Morgan fingerprint density at radius 2 is 2.60 bits per heavy atom. The van der Waals surface area contributed by atoms with E-state index in [1.54, 1.807) is 0 Å². The zero-order valence-electron chi connectivity index (χ0n) is 5.96. The van der Waals surface area contributed by atoms with Crippen LogP contribution in [0.5, 0.6) is 0 Å². The Kier molecular flexibility index (Phi) is 4.34. The Hall–Kier alpha value is -1.01. The van der Waals surface area contributed by atoms with E-state index in [1.807, 2.05) is 6.92 Å². The second kappa shape index (κ2) is 4.83. The molecule has 1 atom stereocenters. The zero-order chi connectivity index (χ0) is 7.98. The van der Waals surface area contributed by atoms with E-state index in [9.17, 15) is 4.79 Å². The first kappa shape index (κ1) is 8.99. The van der Waals surface area contributed by atoms with E-state index in [4.69, 9.17) is 10.8 Å². The van der Waals surface area contributed by atoms with Crippen LogP contribution in [-0.2, 0) is 9.22 Å². The number of carbonyl (C=O) groups is 1. The minimum Gasteiger partial charge on any atom is -0.507 e. The third kappa shape index (κ3) is 3.10. The molecule has 2 nitrogen and oxygen atoms in total. The first-order valence-electron chi connectivity index (χ1n) is 3.03. The minimum absolute atomic E-state index is 0.406. The van der Waals surface area contributed by atoms with Crippen molar-refractivity contribution in [1.29, 1.82) is 0 Å². The monoisotopic (exact) mass is 154 g/mol. The van der Waals surface area contributed by atoms with Crippen LogP contribution in [0, 0.1) is 12.0 Å². The summed E-state index contributed by atoms with van der Waals surface area (Å²) in [5, 5.41) is 0. The maximum atomic E-state index is 10.5. The van der Waals surface area contributed by atoms with E-state index in [1.165, 1.54) is 0 Å². The Labute approximate surface area is 62.6 Å². The van der Waals surface area contributed by atoms with Gasteiger partial charge in [-0.15, -0.1) is 6.42 Å². The largest absolute Gasteiger partial charge is 0.507 e. The predicted octanol–water partition coefficient (Wildman–Crippen LogP) is 0.632. The third-order valence-corrected chi connectivity index (χ3v) is 2.61. The van der Waals surface area contributed by atoms with Crippen molar-refractivity contribution in [3.8, 4) is 12.0 Å². The first-order chi connectivity index (χ1) is 4.74. The second-order valence-corrected chi connectivity index (χ2v) is 4.07. The lowest BCUT2D eigenvalue weighted by Gasteiger charge is -2.04. The Balaban J connectivity index is 3.76. The molecule has 1 unspecified atom stereocenters. The molecule has 0 bridgehead atoms. The third-order valence-electron chi connectivity index (χ3n) is 0.982. The highest BCUT2D eigenvalue weighted by molar-refractivity contribution is 6.62.